The molecular weight excluding hydrogens is 468 g/mol. The lowest BCUT2D eigenvalue weighted by Gasteiger charge is -2.14. The fraction of sp³-hybridized carbons (Fsp3) is 0.130. The number of carbonyl (C=O) groups excluding carboxylic acids is 1. The normalized spacial score (nSPS) is 10.6. The molecule has 5 nitrogen and oxygen atoms in total. The predicted octanol–water partition coefficient (Wildman–Crippen LogP) is 7.09. The third-order valence-electron chi connectivity index (χ3n) is 4.80. The molecule has 0 atom stereocenters. The van der Waals surface area contributed by atoms with Gasteiger partial charge in [-0.15, -0.1) is 0 Å². The lowest BCUT2D eigenvalue weighted by atomic mass is 9.94. The number of nitrogens with one attached hydrogen (secondary N) is 2. The molecule has 0 aliphatic heterocycles. The van der Waals surface area contributed by atoms with Crippen molar-refractivity contribution >= 4 is 56.5 Å². The minimum Gasteiger partial charge on any atom is -0.465 e. The Morgan fingerprint density at radius 3 is 2.23 bits per heavy atom. The Labute approximate surface area is 188 Å². The second kappa shape index (κ2) is 8.90. The zero-order valence-corrected chi connectivity index (χ0v) is 19.0. The fourth-order valence-electron chi connectivity index (χ4n) is 3.13. The maximum Gasteiger partial charge on any atom is 0.409 e. The van der Waals surface area contributed by atoms with Crippen LogP contribution in [0.2, 0.25) is 5.02 Å². The van der Waals surface area contributed by atoms with Crippen LogP contribution >= 0.6 is 27.5 Å². The first-order valence-electron chi connectivity index (χ1n) is 9.14. The second-order valence-corrected chi connectivity index (χ2v) is 8.34. The Morgan fingerprint density at radius 2 is 1.57 bits per heavy atom. The molecule has 0 aliphatic carbocycles. The number of hydrogen-bond donors (Lipinski definition) is 3. The Kier molecular flexibility index (Phi) is 6.48. The van der Waals surface area contributed by atoms with Gasteiger partial charge in [0.25, 0.3) is 0 Å². The maximum absolute atomic E-state index is 13.0. The summed E-state index contributed by atoms with van der Waals surface area (Å²) in [5.74, 6) is -0.135. The van der Waals surface area contributed by atoms with Gasteiger partial charge in [0.1, 0.15) is 0 Å². The summed E-state index contributed by atoms with van der Waals surface area (Å²) < 4.78 is 0.736. The van der Waals surface area contributed by atoms with E-state index in [0.29, 0.717) is 33.2 Å². The van der Waals surface area contributed by atoms with E-state index in [1.807, 2.05) is 32.9 Å². The highest BCUT2D eigenvalue weighted by molar-refractivity contribution is 9.10. The molecule has 3 N–H and O–H groups in total. The van der Waals surface area contributed by atoms with Crippen LogP contribution in [0.4, 0.5) is 21.9 Å². The van der Waals surface area contributed by atoms with Crippen molar-refractivity contribution in [2.24, 2.45) is 0 Å². The molecule has 7 heteroatoms. The Morgan fingerprint density at radius 1 is 0.867 bits per heavy atom. The van der Waals surface area contributed by atoms with Gasteiger partial charge in [-0.3, -0.25) is 10.1 Å². The second-order valence-electron chi connectivity index (χ2n) is 7.02. The van der Waals surface area contributed by atoms with Crippen LogP contribution in [0.5, 0.6) is 0 Å². The molecule has 154 valence electrons. The highest BCUT2D eigenvalue weighted by Gasteiger charge is 2.17. The Balaban J connectivity index is 1.91. The standard InChI is InChI=1S/C23H20BrClN2O3/c1-12-8-14(3)18(9-13(12)2)22(28)17-6-5-16(11-19(17)25)26-20-7-4-15(24)10-21(20)27-23(29)30/h4-11,26-27H,1-3H3,(H,29,30). The monoisotopic (exact) mass is 486 g/mol. The van der Waals surface area contributed by atoms with Crippen LogP contribution in [0.3, 0.4) is 0 Å². The molecule has 0 radical (unpaired) electrons. The summed E-state index contributed by atoms with van der Waals surface area (Å²) in [7, 11) is 0. The van der Waals surface area contributed by atoms with Crippen LogP contribution in [-0.4, -0.2) is 17.0 Å². The van der Waals surface area contributed by atoms with Gasteiger partial charge in [0, 0.05) is 21.3 Å². The van der Waals surface area contributed by atoms with Gasteiger partial charge in [-0.2, -0.15) is 0 Å². The molecule has 3 rings (SSSR count). The molecule has 0 aromatic heterocycles. The van der Waals surface area contributed by atoms with Crippen LogP contribution in [0.15, 0.2) is 53.0 Å². The molecule has 0 fully saturated rings. The molecule has 3 aromatic rings. The summed E-state index contributed by atoms with van der Waals surface area (Å²) >= 11 is 9.76. The van der Waals surface area contributed by atoms with E-state index in [1.165, 1.54) is 0 Å². The van der Waals surface area contributed by atoms with Gasteiger partial charge >= 0.3 is 6.09 Å². The van der Waals surface area contributed by atoms with Crippen LogP contribution < -0.4 is 10.6 Å². The van der Waals surface area contributed by atoms with Crippen molar-refractivity contribution in [3.63, 3.8) is 0 Å². The van der Waals surface area contributed by atoms with Crippen LogP contribution in [-0.2, 0) is 0 Å². The number of halogens is 2. The van der Waals surface area contributed by atoms with Crippen molar-refractivity contribution < 1.29 is 14.7 Å². The van der Waals surface area contributed by atoms with Gasteiger partial charge in [-0.1, -0.05) is 33.6 Å². The molecule has 0 saturated heterocycles. The van der Waals surface area contributed by atoms with E-state index in [4.69, 9.17) is 16.7 Å². The first-order chi connectivity index (χ1) is 14.2. The minimum absolute atomic E-state index is 0.135. The van der Waals surface area contributed by atoms with Crippen molar-refractivity contribution in [1.29, 1.82) is 0 Å². The van der Waals surface area contributed by atoms with Gasteiger partial charge in [0.15, 0.2) is 5.78 Å². The molecule has 0 aliphatic rings. The molecule has 0 heterocycles. The number of hydrogen-bond acceptors (Lipinski definition) is 3. The summed E-state index contributed by atoms with van der Waals surface area (Å²) in [6.07, 6.45) is -1.17. The summed E-state index contributed by atoms with van der Waals surface area (Å²) in [4.78, 5) is 24.1. The molecule has 0 bridgehead atoms. The van der Waals surface area contributed by atoms with E-state index >= 15 is 0 Å². The quantitative estimate of drug-likeness (QED) is 0.336. The SMILES string of the molecule is Cc1cc(C)c(C(=O)c2ccc(Nc3ccc(Br)cc3NC(=O)O)cc2Cl)cc1C. The molecule has 0 spiro atoms. The minimum atomic E-state index is -1.17. The highest BCUT2D eigenvalue weighted by atomic mass is 79.9. The van der Waals surface area contributed by atoms with Crippen molar-refractivity contribution in [2.45, 2.75) is 20.8 Å². The average molecular weight is 488 g/mol. The summed E-state index contributed by atoms with van der Waals surface area (Å²) in [5, 5.41) is 14.8. The van der Waals surface area contributed by atoms with E-state index in [0.717, 1.165) is 21.2 Å². The van der Waals surface area contributed by atoms with Gasteiger partial charge in [0.2, 0.25) is 0 Å². The summed E-state index contributed by atoms with van der Waals surface area (Å²) in [5.41, 5.74) is 5.70. The number of carbonyl (C=O) groups is 2. The Bertz CT molecular complexity index is 1160. The fourth-order valence-corrected chi connectivity index (χ4v) is 3.75. The molecule has 30 heavy (non-hydrogen) atoms. The zero-order valence-electron chi connectivity index (χ0n) is 16.6. The number of amides is 1. The first-order valence-corrected chi connectivity index (χ1v) is 10.3. The summed E-state index contributed by atoms with van der Waals surface area (Å²) in [6, 6.07) is 14.1. The predicted molar refractivity (Wildman–Crippen MR) is 125 cm³/mol. The molecule has 0 unspecified atom stereocenters. The topological polar surface area (TPSA) is 78.4 Å². The Hall–Kier alpha value is -2.83. The maximum atomic E-state index is 13.0. The van der Waals surface area contributed by atoms with E-state index in [9.17, 15) is 9.59 Å². The average Bonchev–Trinajstić information content (AvgIpc) is 2.66. The van der Waals surface area contributed by atoms with E-state index in [2.05, 4.69) is 26.6 Å². The lowest BCUT2D eigenvalue weighted by molar-refractivity contribution is 0.103. The number of carboxylic acid groups (broad SMARTS) is 1. The van der Waals surface area contributed by atoms with Crippen molar-refractivity contribution in [1.82, 2.24) is 0 Å². The van der Waals surface area contributed by atoms with Crippen LogP contribution in [0.1, 0.15) is 32.6 Å². The third-order valence-corrected chi connectivity index (χ3v) is 5.61. The zero-order chi connectivity index (χ0) is 22.0. The molecule has 1 amide bonds. The largest absolute Gasteiger partial charge is 0.465 e. The van der Waals surface area contributed by atoms with E-state index in [-0.39, 0.29) is 5.78 Å². The summed E-state index contributed by atoms with van der Waals surface area (Å²) in [6.45, 7) is 5.90. The highest BCUT2D eigenvalue weighted by Crippen LogP contribution is 2.31. The molecule has 0 saturated carbocycles. The van der Waals surface area contributed by atoms with Crippen LogP contribution in [0.25, 0.3) is 0 Å². The lowest BCUT2D eigenvalue weighted by Crippen LogP contribution is -2.09. The van der Waals surface area contributed by atoms with Gasteiger partial charge in [-0.25, -0.2) is 4.79 Å². The molecular formula is C23H20BrClN2O3. The van der Waals surface area contributed by atoms with Gasteiger partial charge in [-0.05, 0) is 79.9 Å². The third kappa shape index (κ3) is 4.83. The smallest absolute Gasteiger partial charge is 0.409 e. The number of rotatable bonds is 5. The van der Waals surface area contributed by atoms with Gasteiger partial charge in [0.05, 0.1) is 16.4 Å². The number of benzene rings is 3. The van der Waals surface area contributed by atoms with Crippen molar-refractivity contribution in [3.8, 4) is 0 Å². The number of ketones is 1. The van der Waals surface area contributed by atoms with Crippen LogP contribution in [0, 0.1) is 20.8 Å². The van der Waals surface area contributed by atoms with Crippen molar-refractivity contribution in [3.05, 3.63) is 85.8 Å². The molecule has 3 aromatic carbocycles. The number of aryl methyl sites for hydroxylation is 3. The van der Waals surface area contributed by atoms with E-state index in [1.54, 1.807) is 36.4 Å². The van der Waals surface area contributed by atoms with Gasteiger partial charge < -0.3 is 10.4 Å². The van der Waals surface area contributed by atoms with Crippen molar-refractivity contribution in [2.75, 3.05) is 10.6 Å². The first kappa shape index (κ1) is 21.9. The van der Waals surface area contributed by atoms with E-state index < -0.39 is 6.09 Å². The number of anilines is 3.